The number of hydrogen-bond donors (Lipinski definition) is 3. The predicted octanol–water partition coefficient (Wildman–Crippen LogP) is 2.42. The van der Waals surface area contributed by atoms with Crippen molar-refractivity contribution in [3.05, 3.63) is 65.2 Å². The van der Waals surface area contributed by atoms with Gasteiger partial charge in [-0.15, -0.1) is 0 Å². The normalized spacial score (nSPS) is 11.6. The molecular weight excluding hydrogens is 292 g/mol. The number of rotatable bonds is 5. The van der Waals surface area contributed by atoms with Crippen LogP contribution in [0.2, 0.25) is 0 Å². The number of carbonyl (C=O) groups excluding carboxylic acids is 2. The minimum atomic E-state index is -0.478. The molecule has 0 aliphatic carbocycles. The zero-order chi connectivity index (χ0) is 16.8. The fourth-order valence-corrected chi connectivity index (χ4v) is 2.25. The van der Waals surface area contributed by atoms with E-state index in [1.54, 1.807) is 18.2 Å². The van der Waals surface area contributed by atoms with Crippen LogP contribution in [0, 0.1) is 6.92 Å². The van der Waals surface area contributed by atoms with E-state index in [2.05, 4.69) is 10.6 Å². The summed E-state index contributed by atoms with van der Waals surface area (Å²) >= 11 is 0. The molecule has 2 rings (SSSR count). The van der Waals surface area contributed by atoms with Crippen molar-refractivity contribution in [1.82, 2.24) is 5.32 Å². The fraction of sp³-hybridized carbons (Fsp3) is 0.222. The number of nitrogens with one attached hydrogen (secondary N) is 2. The van der Waals surface area contributed by atoms with Crippen molar-refractivity contribution in [1.29, 1.82) is 0 Å². The zero-order valence-corrected chi connectivity index (χ0v) is 13.2. The van der Waals surface area contributed by atoms with Gasteiger partial charge in [0, 0.05) is 18.2 Å². The summed E-state index contributed by atoms with van der Waals surface area (Å²) < 4.78 is 0. The molecule has 2 aromatic rings. The molecule has 0 spiro atoms. The van der Waals surface area contributed by atoms with Crippen LogP contribution < -0.4 is 10.6 Å². The zero-order valence-electron chi connectivity index (χ0n) is 13.2. The van der Waals surface area contributed by atoms with Gasteiger partial charge in [-0.3, -0.25) is 9.59 Å². The van der Waals surface area contributed by atoms with Crippen LogP contribution in [0.25, 0.3) is 0 Å². The van der Waals surface area contributed by atoms with Crippen LogP contribution in [0.4, 0.5) is 5.69 Å². The highest BCUT2D eigenvalue weighted by Gasteiger charge is 2.15. The van der Waals surface area contributed by atoms with E-state index in [9.17, 15) is 14.7 Å². The van der Waals surface area contributed by atoms with Gasteiger partial charge in [0.05, 0.1) is 12.6 Å². The number of aryl methyl sites for hydroxylation is 1. The van der Waals surface area contributed by atoms with Crippen LogP contribution in [0.5, 0.6) is 0 Å². The van der Waals surface area contributed by atoms with Gasteiger partial charge in [0.25, 0.3) is 5.91 Å². The van der Waals surface area contributed by atoms with Gasteiger partial charge in [-0.1, -0.05) is 36.4 Å². The first-order chi connectivity index (χ1) is 11.0. The highest BCUT2D eigenvalue weighted by Crippen LogP contribution is 2.18. The van der Waals surface area contributed by atoms with E-state index in [0.717, 1.165) is 11.1 Å². The fourth-order valence-electron chi connectivity index (χ4n) is 2.25. The number of benzene rings is 2. The molecule has 0 radical (unpaired) electrons. The molecule has 120 valence electrons. The molecule has 1 atom stereocenters. The van der Waals surface area contributed by atoms with Gasteiger partial charge in [-0.2, -0.15) is 0 Å². The largest absolute Gasteiger partial charge is 0.394 e. The molecule has 0 saturated carbocycles. The Hall–Kier alpha value is -2.66. The van der Waals surface area contributed by atoms with E-state index in [-0.39, 0.29) is 18.4 Å². The Morgan fingerprint density at radius 3 is 2.43 bits per heavy atom. The standard InChI is InChI=1S/C18H20N2O3/c1-12-8-9-15(10-16(12)19-13(2)22)18(23)20-17(11-21)14-6-4-3-5-7-14/h3-10,17,21H,11H2,1-2H3,(H,19,22)(H,20,23). The van der Waals surface area contributed by atoms with Gasteiger partial charge >= 0.3 is 0 Å². The molecule has 2 aromatic carbocycles. The average Bonchev–Trinajstić information content (AvgIpc) is 2.54. The molecule has 0 fully saturated rings. The second-order valence-corrected chi connectivity index (χ2v) is 5.33. The summed E-state index contributed by atoms with van der Waals surface area (Å²) in [6.07, 6.45) is 0. The first-order valence-corrected chi connectivity index (χ1v) is 7.36. The third kappa shape index (κ3) is 4.40. The van der Waals surface area contributed by atoms with Crippen molar-refractivity contribution in [2.45, 2.75) is 19.9 Å². The van der Waals surface area contributed by atoms with Crippen LogP contribution in [0.15, 0.2) is 48.5 Å². The predicted molar refractivity (Wildman–Crippen MR) is 89.2 cm³/mol. The Bertz CT molecular complexity index is 699. The second-order valence-electron chi connectivity index (χ2n) is 5.33. The van der Waals surface area contributed by atoms with Crippen molar-refractivity contribution >= 4 is 17.5 Å². The van der Waals surface area contributed by atoms with Crippen molar-refractivity contribution in [2.24, 2.45) is 0 Å². The number of aliphatic hydroxyl groups is 1. The smallest absolute Gasteiger partial charge is 0.251 e. The number of carbonyl (C=O) groups is 2. The third-order valence-electron chi connectivity index (χ3n) is 3.50. The topological polar surface area (TPSA) is 78.4 Å². The number of aliphatic hydroxyl groups excluding tert-OH is 1. The third-order valence-corrected chi connectivity index (χ3v) is 3.50. The Balaban J connectivity index is 2.18. The van der Waals surface area contributed by atoms with E-state index < -0.39 is 6.04 Å². The van der Waals surface area contributed by atoms with Crippen molar-refractivity contribution < 1.29 is 14.7 Å². The van der Waals surface area contributed by atoms with Crippen LogP contribution in [-0.2, 0) is 4.79 Å². The first kappa shape index (κ1) is 16.7. The summed E-state index contributed by atoms with van der Waals surface area (Å²) in [4.78, 5) is 23.6. The van der Waals surface area contributed by atoms with Crippen LogP contribution in [0.1, 0.15) is 34.5 Å². The maximum atomic E-state index is 12.4. The Morgan fingerprint density at radius 1 is 1.13 bits per heavy atom. The maximum absolute atomic E-state index is 12.4. The summed E-state index contributed by atoms with van der Waals surface area (Å²) in [5.74, 6) is -0.498. The summed E-state index contributed by atoms with van der Waals surface area (Å²) in [6, 6.07) is 13.9. The monoisotopic (exact) mass is 312 g/mol. The van der Waals surface area contributed by atoms with Gasteiger partial charge < -0.3 is 15.7 Å². The van der Waals surface area contributed by atoms with E-state index in [1.807, 2.05) is 37.3 Å². The lowest BCUT2D eigenvalue weighted by Crippen LogP contribution is -2.30. The molecule has 0 bridgehead atoms. The van der Waals surface area contributed by atoms with Crippen molar-refractivity contribution in [3.63, 3.8) is 0 Å². The lowest BCUT2D eigenvalue weighted by atomic mass is 10.1. The summed E-state index contributed by atoms with van der Waals surface area (Å²) in [5.41, 5.74) is 2.73. The Labute approximate surface area is 135 Å². The van der Waals surface area contributed by atoms with Gasteiger partial charge in [-0.25, -0.2) is 0 Å². The molecule has 23 heavy (non-hydrogen) atoms. The number of amides is 2. The molecular formula is C18H20N2O3. The number of anilines is 1. The maximum Gasteiger partial charge on any atom is 0.251 e. The van der Waals surface area contributed by atoms with E-state index in [4.69, 9.17) is 0 Å². The highest BCUT2D eigenvalue weighted by molar-refractivity contribution is 5.97. The molecule has 3 N–H and O–H groups in total. The highest BCUT2D eigenvalue weighted by atomic mass is 16.3. The van der Waals surface area contributed by atoms with Gasteiger partial charge in [-0.05, 0) is 30.2 Å². The molecule has 0 saturated heterocycles. The van der Waals surface area contributed by atoms with E-state index in [0.29, 0.717) is 11.3 Å². The van der Waals surface area contributed by atoms with E-state index >= 15 is 0 Å². The minimum Gasteiger partial charge on any atom is -0.394 e. The van der Waals surface area contributed by atoms with Gasteiger partial charge in [0.15, 0.2) is 0 Å². The second kappa shape index (κ2) is 7.56. The molecule has 0 aliphatic rings. The molecule has 0 aromatic heterocycles. The lowest BCUT2D eigenvalue weighted by Gasteiger charge is -2.17. The van der Waals surface area contributed by atoms with Crippen molar-refractivity contribution in [3.8, 4) is 0 Å². The summed E-state index contributed by atoms with van der Waals surface area (Å²) in [6.45, 7) is 3.08. The van der Waals surface area contributed by atoms with Crippen LogP contribution in [0.3, 0.4) is 0 Å². The van der Waals surface area contributed by atoms with Gasteiger partial charge in [0.1, 0.15) is 0 Å². The molecule has 1 unspecified atom stereocenters. The molecule has 2 amide bonds. The van der Waals surface area contributed by atoms with Crippen LogP contribution >= 0.6 is 0 Å². The molecule has 0 aliphatic heterocycles. The summed E-state index contributed by atoms with van der Waals surface area (Å²) in [5, 5.41) is 15.0. The van der Waals surface area contributed by atoms with Gasteiger partial charge in [0.2, 0.25) is 5.91 Å². The van der Waals surface area contributed by atoms with Crippen LogP contribution in [-0.4, -0.2) is 23.5 Å². The molecule has 0 heterocycles. The first-order valence-electron chi connectivity index (χ1n) is 7.36. The Kier molecular flexibility index (Phi) is 5.49. The Morgan fingerprint density at radius 2 is 1.83 bits per heavy atom. The van der Waals surface area contributed by atoms with E-state index in [1.165, 1.54) is 6.92 Å². The summed E-state index contributed by atoms with van der Waals surface area (Å²) in [7, 11) is 0. The number of hydrogen-bond acceptors (Lipinski definition) is 3. The lowest BCUT2D eigenvalue weighted by molar-refractivity contribution is -0.114. The SMILES string of the molecule is CC(=O)Nc1cc(C(=O)NC(CO)c2ccccc2)ccc1C. The quantitative estimate of drug-likeness (QED) is 0.793. The van der Waals surface area contributed by atoms with Crippen molar-refractivity contribution in [2.75, 3.05) is 11.9 Å². The average molecular weight is 312 g/mol. The molecule has 5 nitrogen and oxygen atoms in total. The molecule has 5 heteroatoms. The minimum absolute atomic E-state index is 0.192.